The molecule has 0 N–H and O–H groups in total. The van der Waals surface area contributed by atoms with E-state index in [9.17, 15) is 8.42 Å². The molecule has 0 aliphatic carbocycles. The number of halogens is 1. The zero-order valence-corrected chi connectivity index (χ0v) is 10.5. The maximum Gasteiger partial charge on any atom is 0.238 e. The van der Waals surface area contributed by atoms with Gasteiger partial charge < -0.3 is 4.52 Å². The van der Waals surface area contributed by atoms with Gasteiger partial charge in [0, 0.05) is 23.2 Å². The number of rotatable bonds is 3. The summed E-state index contributed by atoms with van der Waals surface area (Å²) in [6.07, 6.45) is 0.711. The Labute approximate surface area is 94.0 Å². The molecule has 1 rings (SSSR count). The molecule has 0 aliphatic heterocycles. The molecule has 0 unspecified atom stereocenters. The highest BCUT2D eigenvalue weighted by Crippen LogP contribution is 2.21. The second-order valence-corrected chi connectivity index (χ2v) is 7.48. The van der Waals surface area contributed by atoms with Crippen LogP contribution in [0.15, 0.2) is 10.6 Å². The molecule has 0 radical (unpaired) electrons. The standard InChI is InChI=1S/C9H14ClNO3S/c1-9(2,3)5-8-4-7(11-14-8)6-15(10,12)13/h4H,5-6H2,1-3H3. The van der Waals surface area contributed by atoms with E-state index in [2.05, 4.69) is 25.9 Å². The smallest absolute Gasteiger partial charge is 0.238 e. The van der Waals surface area contributed by atoms with Gasteiger partial charge in [-0.2, -0.15) is 0 Å². The summed E-state index contributed by atoms with van der Waals surface area (Å²) in [6, 6.07) is 1.63. The molecule has 4 nitrogen and oxygen atoms in total. The summed E-state index contributed by atoms with van der Waals surface area (Å²) < 4.78 is 26.6. The Kier molecular flexibility index (Phi) is 3.45. The molecule has 0 aliphatic rings. The van der Waals surface area contributed by atoms with Crippen LogP contribution in [0.5, 0.6) is 0 Å². The Morgan fingerprint density at radius 1 is 1.47 bits per heavy atom. The summed E-state index contributed by atoms with van der Waals surface area (Å²) in [5.41, 5.74) is 0.431. The average molecular weight is 252 g/mol. The zero-order chi connectivity index (χ0) is 11.7. The second kappa shape index (κ2) is 4.14. The van der Waals surface area contributed by atoms with Gasteiger partial charge in [0.1, 0.15) is 17.2 Å². The first kappa shape index (κ1) is 12.5. The van der Waals surface area contributed by atoms with Gasteiger partial charge in [-0.25, -0.2) is 8.42 Å². The number of hydrogen-bond donors (Lipinski definition) is 0. The Hall–Kier alpha value is -0.550. The molecule has 1 heterocycles. The SMILES string of the molecule is CC(C)(C)Cc1cc(CS(=O)(=O)Cl)no1. The van der Waals surface area contributed by atoms with E-state index < -0.39 is 9.05 Å². The van der Waals surface area contributed by atoms with E-state index in [0.717, 1.165) is 0 Å². The first-order valence-corrected chi connectivity index (χ1v) is 7.00. The molecule has 0 spiro atoms. The van der Waals surface area contributed by atoms with Crippen LogP contribution in [0.3, 0.4) is 0 Å². The molecule has 0 fully saturated rings. The van der Waals surface area contributed by atoms with Crippen LogP contribution in [0.1, 0.15) is 32.2 Å². The van der Waals surface area contributed by atoms with Gasteiger partial charge >= 0.3 is 0 Å². The topological polar surface area (TPSA) is 60.2 Å². The fourth-order valence-corrected chi connectivity index (χ4v) is 2.03. The Morgan fingerprint density at radius 2 is 2.07 bits per heavy atom. The third kappa shape index (κ3) is 5.18. The van der Waals surface area contributed by atoms with Crippen LogP contribution >= 0.6 is 10.7 Å². The highest BCUT2D eigenvalue weighted by atomic mass is 35.7. The van der Waals surface area contributed by atoms with E-state index in [1.54, 1.807) is 6.07 Å². The predicted octanol–water partition coefficient (Wildman–Crippen LogP) is 2.33. The summed E-state index contributed by atoms with van der Waals surface area (Å²) in [5, 5.41) is 3.65. The average Bonchev–Trinajstić information content (AvgIpc) is 2.28. The lowest BCUT2D eigenvalue weighted by molar-refractivity contribution is 0.318. The predicted molar refractivity (Wildman–Crippen MR) is 58.1 cm³/mol. The van der Waals surface area contributed by atoms with Crippen molar-refractivity contribution in [2.24, 2.45) is 5.41 Å². The highest BCUT2D eigenvalue weighted by Gasteiger charge is 2.17. The number of hydrogen-bond acceptors (Lipinski definition) is 4. The fourth-order valence-electron chi connectivity index (χ4n) is 1.21. The molecule has 1 aromatic heterocycles. The first-order valence-electron chi connectivity index (χ1n) is 4.52. The Morgan fingerprint density at radius 3 is 2.53 bits per heavy atom. The summed E-state index contributed by atoms with van der Waals surface area (Å²) in [4.78, 5) is 0. The van der Waals surface area contributed by atoms with Crippen molar-refractivity contribution in [1.29, 1.82) is 0 Å². The summed E-state index contributed by atoms with van der Waals surface area (Å²) in [5.74, 6) is 0.389. The van der Waals surface area contributed by atoms with Crippen molar-refractivity contribution < 1.29 is 12.9 Å². The van der Waals surface area contributed by atoms with Crippen LogP contribution in [0.25, 0.3) is 0 Å². The van der Waals surface area contributed by atoms with Crippen LogP contribution in [0.2, 0.25) is 0 Å². The lowest BCUT2D eigenvalue weighted by Crippen LogP contribution is -2.08. The lowest BCUT2D eigenvalue weighted by Gasteiger charge is -2.14. The first-order chi connectivity index (χ1) is 6.66. The third-order valence-corrected chi connectivity index (χ3v) is 2.60. The van der Waals surface area contributed by atoms with Crippen molar-refractivity contribution in [2.45, 2.75) is 32.9 Å². The van der Waals surface area contributed by atoms with E-state index in [4.69, 9.17) is 15.2 Å². The minimum Gasteiger partial charge on any atom is -0.361 e. The third-order valence-electron chi connectivity index (χ3n) is 1.63. The molecule has 0 saturated carbocycles. The molecule has 86 valence electrons. The van der Waals surface area contributed by atoms with Crippen LogP contribution in [-0.4, -0.2) is 13.6 Å². The van der Waals surface area contributed by atoms with Gasteiger partial charge in [-0.3, -0.25) is 0 Å². The highest BCUT2D eigenvalue weighted by molar-refractivity contribution is 8.13. The summed E-state index contributed by atoms with van der Waals surface area (Å²) in [7, 11) is 1.54. The molecule has 15 heavy (non-hydrogen) atoms. The van der Waals surface area contributed by atoms with Crippen LogP contribution < -0.4 is 0 Å². The minimum atomic E-state index is -3.56. The van der Waals surface area contributed by atoms with Gasteiger partial charge in [0.2, 0.25) is 9.05 Å². The zero-order valence-electron chi connectivity index (χ0n) is 8.95. The van der Waals surface area contributed by atoms with Crippen molar-refractivity contribution in [3.63, 3.8) is 0 Å². The van der Waals surface area contributed by atoms with Gasteiger partial charge in [-0.05, 0) is 5.41 Å². The van der Waals surface area contributed by atoms with E-state index >= 15 is 0 Å². The van der Waals surface area contributed by atoms with Gasteiger partial charge in [-0.15, -0.1) is 0 Å². The molecule has 0 saturated heterocycles. The quantitative estimate of drug-likeness (QED) is 0.774. The summed E-state index contributed by atoms with van der Waals surface area (Å²) >= 11 is 0. The molecule has 6 heteroatoms. The number of aromatic nitrogens is 1. The van der Waals surface area contributed by atoms with Crippen molar-refractivity contribution in [3.8, 4) is 0 Å². The van der Waals surface area contributed by atoms with E-state index in [-0.39, 0.29) is 11.2 Å². The molecule has 0 atom stereocenters. The molecule has 0 amide bonds. The van der Waals surface area contributed by atoms with E-state index in [1.807, 2.05) is 0 Å². The van der Waals surface area contributed by atoms with Crippen LogP contribution in [-0.2, 0) is 21.2 Å². The largest absolute Gasteiger partial charge is 0.361 e. The van der Waals surface area contributed by atoms with Gasteiger partial charge in [0.25, 0.3) is 0 Å². The Balaban J connectivity index is 2.73. The van der Waals surface area contributed by atoms with Crippen molar-refractivity contribution in [3.05, 3.63) is 17.5 Å². The molecular formula is C9H14ClNO3S. The van der Waals surface area contributed by atoms with Crippen LogP contribution in [0.4, 0.5) is 0 Å². The maximum absolute atomic E-state index is 10.8. The molecule has 1 aromatic rings. The normalized spacial score (nSPS) is 13.1. The van der Waals surface area contributed by atoms with Crippen LogP contribution in [0, 0.1) is 5.41 Å². The minimum absolute atomic E-state index is 0.0800. The summed E-state index contributed by atoms with van der Waals surface area (Å²) in [6.45, 7) is 6.19. The van der Waals surface area contributed by atoms with E-state index in [0.29, 0.717) is 17.9 Å². The van der Waals surface area contributed by atoms with Crippen molar-refractivity contribution >= 4 is 19.7 Å². The molecular weight excluding hydrogens is 238 g/mol. The van der Waals surface area contributed by atoms with Crippen molar-refractivity contribution in [1.82, 2.24) is 5.16 Å². The van der Waals surface area contributed by atoms with Gasteiger partial charge in [0.05, 0.1) is 0 Å². The number of nitrogens with zero attached hydrogens (tertiary/aromatic N) is 1. The molecule has 0 bridgehead atoms. The fraction of sp³-hybridized carbons (Fsp3) is 0.667. The lowest BCUT2D eigenvalue weighted by atomic mass is 9.91. The monoisotopic (exact) mass is 251 g/mol. The van der Waals surface area contributed by atoms with Crippen molar-refractivity contribution in [2.75, 3.05) is 0 Å². The van der Waals surface area contributed by atoms with Gasteiger partial charge in [-0.1, -0.05) is 25.9 Å². The Bertz CT molecular complexity index is 430. The molecule has 0 aromatic carbocycles. The maximum atomic E-state index is 10.8. The second-order valence-electron chi connectivity index (χ2n) is 4.71. The van der Waals surface area contributed by atoms with Gasteiger partial charge in [0.15, 0.2) is 0 Å². The van der Waals surface area contributed by atoms with E-state index in [1.165, 1.54) is 0 Å².